The van der Waals surface area contributed by atoms with Crippen molar-refractivity contribution >= 4 is 11.6 Å². The molecule has 0 amide bonds. The zero-order valence-electron chi connectivity index (χ0n) is 17.6. The lowest BCUT2D eigenvalue weighted by atomic mass is 9.98. The summed E-state index contributed by atoms with van der Waals surface area (Å²) in [5.74, 6) is 0.560. The molecular formula is C24H24ClF2N3O2. The molecule has 0 unspecified atom stereocenters. The van der Waals surface area contributed by atoms with Gasteiger partial charge in [0.1, 0.15) is 5.75 Å². The van der Waals surface area contributed by atoms with E-state index in [4.69, 9.17) is 20.9 Å². The van der Waals surface area contributed by atoms with Crippen LogP contribution in [0.5, 0.6) is 5.75 Å². The van der Waals surface area contributed by atoms with E-state index in [0.29, 0.717) is 47.5 Å². The lowest BCUT2D eigenvalue weighted by Gasteiger charge is -2.31. The van der Waals surface area contributed by atoms with Gasteiger partial charge in [0.15, 0.2) is 11.6 Å². The first-order valence-corrected chi connectivity index (χ1v) is 11.4. The Morgan fingerprint density at radius 2 is 1.81 bits per heavy atom. The largest absolute Gasteiger partial charge is 0.493 e. The molecule has 0 radical (unpaired) electrons. The standard InChI is InChI=1S/C24H24ClF2N3O2/c25-19-4-2-1-3-17(19)24-28-23(32-29-24)13-30-9-7-15(8-10-30)14-31-22-12-21(27)20(26)11-18(22)16-5-6-16/h1-4,11-12,15-16H,5-10,13-14H2. The van der Waals surface area contributed by atoms with E-state index in [1.807, 2.05) is 18.2 Å². The summed E-state index contributed by atoms with van der Waals surface area (Å²) >= 11 is 6.21. The monoisotopic (exact) mass is 459 g/mol. The van der Waals surface area contributed by atoms with Crippen molar-refractivity contribution in [2.24, 2.45) is 5.92 Å². The minimum atomic E-state index is -0.852. The highest BCUT2D eigenvalue weighted by molar-refractivity contribution is 6.33. The highest BCUT2D eigenvalue weighted by atomic mass is 35.5. The molecule has 0 bridgehead atoms. The van der Waals surface area contributed by atoms with Gasteiger partial charge in [-0.05, 0) is 68.8 Å². The Hall–Kier alpha value is -2.51. The second-order valence-corrected chi connectivity index (χ2v) is 9.01. The first-order chi connectivity index (χ1) is 15.6. The highest BCUT2D eigenvalue weighted by Gasteiger charge is 2.29. The molecule has 0 spiro atoms. The van der Waals surface area contributed by atoms with Gasteiger partial charge in [0.05, 0.1) is 18.2 Å². The molecular weight excluding hydrogens is 436 g/mol. The summed E-state index contributed by atoms with van der Waals surface area (Å²) in [4.78, 5) is 6.75. The lowest BCUT2D eigenvalue weighted by Crippen LogP contribution is -2.35. The molecule has 1 aliphatic carbocycles. The van der Waals surface area contributed by atoms with Gasteiger partial charge in [0.2, 0.25) is 11.7 Å². The molecule has 5 nitrogen and oxygen atoms in total. The summed E-state index contributed by atoms with van der Waals surface area (Å²) in [7, 11) is 0. The van der Waals surface area contributed by atoms with Crippen molar-refractivity contribution in [2.75, 3.05) is 19.7 Å². The second kappa shape index (κ2) is 9.16. The maximum Gasteiger partial charge on any atom is 0.241 e. The van der Waals surface area contributed by atoms with E-state index >= 15 is 0 Å². The van der Waals surface area contributed by atoms with Crippen LogP contribution in [0.15, 0.2) is 40.9 Å². The Morgan fingerprint density at radius 1 is 1.06 bits per heavy atom. The average Bonchev–Trinajstić information content (AvgIpc) is 3.54. The van der Waals surface area contributed by atoms with E-state index in [0.717, 1.165) is 49.9 Å². The lowest BCUT2D eigenvalue weighted by molar-refractivity contribution is 0.126. The van der Waals surface area contributed by atoms with Crippen molar-refractivity contribution in [3.63, 3.8) is 0 Å². The first-order valence-electron chi connectivity index (χ1n) is 11.0. The number of rotatable bonds is 7. The molecule has 2 aliphatic rings. The summed E-state index contributed by atoms with van der Waals surface area (Å²) in [5, 5.41) is 4.65. The van der Waals surface area contributed by atoms with E-state index in [9.17, 15) is 8.78 Å². The number of hydrogen-bond acceptors (Lipinski definition) is 5. The van der Waals surface area contributed by atoms with Crippen LogP contribution in [0.4, 0.5) is 8.78 Å². The summed E-state index contributed by atoms with van der Waals surface area (Å²) in [6, 6.07) is 9.91. The zero-order chi connectivity index (χ0) is 22.1. The second-order valence-electron chi connectivity index (χ2n) is 8.60. The number of piperidine rings is 1. The van der Waals surface area contributed by atoms with E-state index < -0.39 is 11.6 Å². The number of halogens is 3. The van der Waals surface area contributed by atoms with Crippen LogP contribution in [0.2, 0.25) is 5.02 Å². The number of aromatic nitrogens is 2. The average molecular weight is 460 g/mol. The maximum atomic E-state index is 13.7. The predicted molar refractivity (Wildman–Crippen MR) is 117 cm³/mol. The third-order valence-corrected chi connectivity index (χ3v) is 6.52. The topological polar surface area (TPSA) is 51.4 Å². The van der Waals surface area contributed by atoms with E-state index in [2.05, 4.69) is 15.0 Å². The molecule has 32 heavy (non-hydrogen) atoms. The number of hydrogen-bond donors (Lipinski definition) is 0. The fraction of sp³-hybridized carbons (Fsp3) is 0.417. The van der Waals surface area contributed by atoms with E-state index in [1.54, 1.807) is 6.07 Å². The van der Waals surface area contributed by atoms with Crippen molar-refractivity contribution in [3.8, 4) is 17.1 Å². The van der Waals surface area contributed by atoms with Crippen molar-refractivity contribution in [1.82, 2.24) is 15.0 Å². The van der Waals surface area contributed by atoms with Crippen LogP contribution in [0, 0.1) is 17.6 Å². The van der Waals surface area contributed by atoms with Gasteiger partial charge in [-0.2, -0.15) is 4.98 Å². The SMILES string of the molecule is Fc1cc(OCC2CCN(Cc3nc(-c4ccccc4Cl)no3)CC2)c(C2CC2)cc1F. The van der Waals surface area contributed by atoms with E-state index in [1.165, 1.54) is 12.1 Å². The summed E-state index contributed by atoms with van der Waals surface area (Å²) < 4.78 is 38.7. The predicted octanol–water partition coefficient (Wildman–Crippen LogP) is 5.84. The van der Waals surface area contributed by atoms with Crippen molar-refractivity contribution < 1.29 is 18.0 Å². The maximum absolute atomic E-state index is 13.7. The molecule has 168 valence electrons. The van der Waals surface area contributed by atoms with Gasteiger partial charge < -0.3 is 9.26 Å². The molecule has 5 rings (SSSR count). The van der Waals surface area contributed by atoms with Gasteiger partial charge >= 0.3 is 0 Å². The summed E-state index contributed by atoms with van der Waals surface area (Å²) in [6.07, 6.45) is 3.92. The third-order valence-electron chi connectivity index (χ3n) is 6.19. The molecule has 2 fully saturated rings. The zero-order valence-corrected chi connectivity index (χ0v) is 18.3. The van der Waals surface area contributed by atoms with Crippen LogP contribution in [0.25, 0.3) is 11.4 Å². The molecule has 1 saturated heterocycles. The van der Waals surface area contributed by atoms with Crippen molar-refractivity contribution in [2.45, 2.75) is 38.1 Å². The van der Waals surface area contributed by atoms with Crippen molar-refractivity contribution in [3.05, 3.63) is 64.5 Å². The number of benzene rings is 2. The number of ether oxygens (including phenoxy) is 1. The molecule has 1 saturated carbocycles. The summed E-state index contributed by atoms with van der Waals surface area (Å²) in [5.41, 5.74) is 1.55. The summed E-state index contributed by atoms with van der Waals surface area (Å²) in [6.45, 7) is 2.85. The van der Waals surface area contributed by atoms with Crippen LogP contribution >= 0.6 is 11.6 Å². The van der Waals surface area contributed by atoms with Crippen LogP contribution in [-0.2, 0) is 6.54 Å². The van der Waals surface area contributed by atoms with Crippen molar-refractivity contribution in [1.29, 1.82) is 0 Å². The molecule has 1 aliphatic heterocycles. The van der Waals surface area contributed by atoms with Crippen LogP contribution in [0.3, 0.4) is 0 Å². The van der Waals surface area contributed by atoms with Gasteiger partial charge in [-0.15, -0.1) is 0 Å². The minimum Gasteiger partial charge on any atom is -0.493 e. The van der Waals surface area contributed by atoms with E-state index in [-0.39, 0.29) is 0 Å². The number of nitrogens with zero attached hydrogens (tertiary/aromatic N) is 3. The van der Waals surface area contributed by atoms with Crippen LogP contribution < -0.4 is 4.74 Å². The first kappa shape index (κ1) is 21.3. The highest BCUT2D eigenvalue weighted by Crippen LogP contribution is 2.45. The fourth-order valence-corrected chi connectivity index (χ4v) is 4.38. The van der Waals surface area contributed by atoms with Crippen LogP contribution in [-0.4, -0.2) is 34.7 Å². The van der Waals surface area contributed by atoms with Gasteiger partial charge in [-0.25, -0.2) is 8.78 Å². The Kier molecular flexibility index (Phi) is 6.11. The van der Waals surface area contributed by atoms with Gasteiger partial charge in [-0.3, -0.25) is 4.90 Å². The Bertz CT molecular complexity index is 1090. The molecule has 0 atom stereocenters. The Morgan fingerprint density at radius 3 is 2.56 bits per heavy atom. The van der Waals surface area contributed by atoms with Crippen LogP contribution in [0.1, 0.15) is 43.1 Å². The molecule has 3 aromatic rings. The van der Waals surface area contributed by atoms with Gasteiger partial charge in [0, 0.05) is 17.2 Å². The normalized spacial score (nSPS) is 17.6. The molecule has 1 aromatic heterocycles. The fourth-order valence-electron chi connectivity index (χ4n) is 4.16. The van der Waals surface area contributed by atoms with Gasteiger partial charge in [-0.1, -0.05) is 28.9 Å². The molecule has 2 aromatic carbocycles. The molecule has 2 heterocycles. The smallest absolute Gasteiger partial charge is 0.241 e. The minimum absolute atomic E-state index is 0.298. The Labute approximate surface area is 190 Å². The molecule has 0 N–H and O–H groups in total. The van der Waals surface area contributed by atoms with Gasteiger partial charge in [0.25, 0.3) is 0 Å². The quantitative estimate of drug-likeness (QED) is 0.444. The number of likely N-dealkylation sites (tertiary alicyclic amines) is 1. The third kappa shape index (κ3) is 4.79. The Balaban J connectivity index is 1.13. The molecule has 8 heteroatoms.